The first-order valence-corrected chi connectivity index (χ1v) is 14.3. The van der Waals surface area contributed by atoms with E-state index in [1.807, 2.05) is 0 Å². The highest BCUT2D eigenvalue weighted by molar-refractivity contribution is 6.32. The van der Waals surface area contributed by atoms with Gasteiger partial charge in [-0.05, 0) is 65.3 Å². The number of carbonyl (C=O) groups is 7. The molecule has 2 amide bonds. The molecule has 0 heterocycles. The van der Waals surface area contributed by atoms with E-state index in [0.29, 0.717) is 11.3 Å². The average molecular weight is 631 g/mol. The number of aliphatic hydroxyl groups is 1. The van der Waals surface area contributed by atoms with Crippen LogP contribution in [0.3, 0.4) is 0 Å². The Labute approximate surface area is 259 Å². The van der Waals surface area contributed by atoms with E-state index in [0.717, 1.165) is 0 Å². The van der Waals surface area contributed by atoms with Gasteiger partial charge in [-0.25, -0.2) is 4.79 Å². The second-order valence-corrected chi connectivity index (χ2v) is 13.2. The van der Waals surface area contributed by atoms with E-state index in [1.165, 1.54) is 25.1 Å². The lowest BCUT2D eigenvalue weighted by Gasteiger charge is -2.52. The van der Waals surface area contributed by atoms with Crippen LogP contribution in [0.25, 0.3) is 0 Å². The smallest absolute Gasteiger partial charge is 0.414 e. The normalized spacial score (nSPS) is 27.7. The molecular formula is C30H38N4O11. The van der Waals surface area contributed by atoms with Crippen LogP contribution in [0.5, 0.6) is 5.75 Å². The number of hydrogen-bond acceptors (Lipinski definition) is 13. The number of nitrogens with one attached hydrogen (secondary N) is 1. The molecule has 244 valence electrons. The number of esters is 1. The van der Waals surface area contributed by atoms with Gasteiger partial charge in [0, 0.05) is 25.7 Å². The fourth-order valence-corrected chi connectivity index (χ4v) is 6.65. The first-order valence-electron chi connectivity index (χ1n) is 14.3. The van der Waals surface area contributed by atoms with Crippen LogP contribution in [0.1, 0.15) is 43.1 Å². The summed E-state index contributed by atoms with van der Waals surface area (Å²) >= 11 is 0. The molecule has 6 atom stereocenters. The Morgan fingerprint density at radius 2 is 1.69 bits per heavy atom. The van der Waals surface area contributed by atoms with Gasteiger partial charge in [0.2, 0.25) is 12.7 Å². The molecule has 0 aliphatic heterocycles. The number of rotatable bonds is 6. The minimum Gasteiger partial charge on any atom is -0.505 e. The number of nitrogens with two attached hydrogens (primary N) is 1. The Morgan fingerprint density at radius 1 is 1.07 bits per heavy atom. The van der Waals surface area contributed by atoms with Crippen LogP contribution in [0.15, 0.2) is 6.07 Å². The second kappa shape index (κ2) is 11.5. The molecular weight excluding hydrogens is 592 g/mol. The molecule has 3 aliphatic rings. The summed E-state index contributed by atoms with van der Waals surface area (Å²) in [4.78, 5) is 94.4. The SMILES string of the molecule is CN(C)c1cc(NC(=O)OCOC(=O)C(C)(C)C)c(O)c2c1C[C@H]1C[C@H]3[C@H](N(C)C)C(=O)C(C(N)=O)C(=O)[C@@]3(O)C(=O)C1C2=O. The lowest BCUT2D eigenvalue weighted by Crippen LogP contribution is -2.74. The first-order chi connectivity index (χ1) is 20.7. The van der Waals surface area contributed by atoms with Crippen LogP contribution in [-0.2, 0) is 39.9 Å². The van der Waals surface area contributed by atoms with Gasteiger partial charge in [-0.1, -0.05) is 0 Å². The molecule has 2 saturated carbocycles. The van der Waals surface area contributed by atoms with E-state index in [1.54, 1.807) is 39.8 Å². The average Bonchev–Trinajstić information content (AvgIpc) is 2.91. The maximum absolute atomic E-state index is 14.1. The van der Waals surface area contributed by atoms with Crippen LogP contribution in [0.2, 0.25) is 0 Å². The van der Waals surface area contributed by atoms with Crippen molar-refractivity contribution in [3.05, 3.63) is 17.2 Å². The molecule has 0 saturated heterocycles. The lowest BCUT2D eigenvalue weighted by molar-refractivity contribution is -0.181. The van der Waals surface area contributed by atoms with Gasteiger partial charge in [-0.15, -0.1) is 0 Å². The van der Waals surface area contributed by atoms with Crippen molar-refractivity contribution in [3.63, 3.8) is 0 Å². The summed E-state index contributed by atoms with van der Waals surface area (Å²) in [5.74, 6) is -12.6. The number of phenols is 1. The zero-order chi connectivity index (χ0) is 33.9. The van der Waals surface area contributed by atoms with Crippen molar-refractivity contribution in [2.24, 2.45) is 34.8 Å². The highest BCUT2D eigenvalue weighted by Gasteiger charge is 2.69. The number of anilines is 2. The summed E-state index contributed by atoms with van der Waals surface area (Å²) in [5, 5.41) is 25.3. The van der Waals surface area contributed by atoms with Crippen LogP contribution in [0.4, 0.5) is 16.2 Å². The largest absolute Gasteiger partial charge is 0.505 e. The molecule has 5 N–H and O–H groups in total. The summed E-state index contributed by atoms with van der Waals surface area (Å²) in [6.07, 6.45) is -1.18. The predicted octanol–water partition coefficient (Wildman–Crippen LogP) is 0.0283. The van der Waals surface area contributed by atoms with Crippen LogP contribution in [-0.4, -0.2) is 103 Å². The van der Waals surface area contributed by atoms with Crippen LogP contribution in [0, 0.1) is 29.1 Å². The van der Waals surface area contributed by atoms with Crippen molar-refractivity contribution in [1.82, 2.24) is 4.90 Å². The fraction of sp³-hybridized carbons (Fsp3) is 0.567. The molecule has 1 aromatic rings. The van der Waals surface area contributed by atoms with E-state index in [9.17, 15) is 43.8 Å². The zero-order valence-electron chi connectivity index (χ0n) is 26.1. The Morgan fingerprint density at radius 3 is 2.22 bits per heavy atom. The minimum absolute atomic E-state index is 0.0421. The number of ether oxygens (including phenoxy) is 2. The van der Waals surface area contributed by atoms with E-state index in [4.69, 9.17) is 15.2 Å². The number of Topliss-reactive ketones (excluding diaryl/α,β-unsaturated/α-hetero) is 4. The maximum Gasteiger partial charge on any atom is 0.414 e. The van der Waals surface area contributed by atoms with Gasteiger partial charge in [-0.2, -0.15) is 0 Å². The Balaban J connectivity index is 1.73. The standard InChI is InChI=1S/C30H38N4O11/c1-29(2,3)27(41)44-11-45-28(42)32-15-10-16(33(4)5)13-8-12-9-14-20(34(6)7)23(37)19(26(31)40)25(39)30(14,43)24(38)17(12)22(36)18(13)21(15)35/h10,12,14,17,19-20,35,43H,8-9,11H2,1-7H3,(H2,31,40)(H,32,42)/t12-,14-,17?,19?,20-,30-/m0/s1. The van der Waals surface area contributed by atoms with Crippen molar-refractivity contribution < 1.29 is 53.2 Å². The van der Waals surface area contributed by atoms with Crippen molar-refractivity contribution in [2.45, 2.75) is 45.3 Å². The van der Waals surface area contributed by atoms with Crippen LogP contribution >= 0.6 is 0 Å². The third-order valence-corrected chi connectivity index (χ3v) is 8.75. The topological polar surface area (TPSA) is 223 Å². The Bertz CT molecular complexity index is 1510. The molecule has 3 aliphatic carbocycles. The van der Waals surface area contributed by atoms with Crippen molar-refractivity contribution >= 4 is 52.5 Å². The van der Waals surface area contributed by atoms with E-state index < -0.39 is 94.4 Å². The van der Waals surface area contributed by atoms with Crippen LogP contribution < -0.4 is 16.0 Å². The van der Waals surface area contributed by atoms with Gasteiger partial charge in [0.25, 0.3) is 0 Å². The highest BCUT2D eigenvalue weighted by Crippen LogP contribution is 2.52. The van der Waals surface area contributed by atoms with E-state index >= 15 is 0 Å². The van der Waals surface area contributed by atoms with Gasteiger partial charge in [-0.3, -0.25) is 39.0 Å². The van der Waals surface area contributed by atoms with Gasteiger partial charge in [0.15, 0.2) is 34.7 Å². The predicted molar refractivity (Wildman–Crippen MR) is 156 cm³/mol. The molecule has 0 aromatic heterocycles. The molecule has 15 nitrogen and oxygen atoms in total. The molecule has 2 unspecified atom stereocenters. The summed E-state index contributed by atoms with van der Waals surface area (Å²) < 4.78 is 9.81. The molecule has 0 radical (unpaired) electrons. The summed E-state index contributed by atoms with van der Waals surface area (Å²) in [7, 11) is 6.33. The number of carbonyl (C=O) groups excluding carboxylic acids is 7. The lowest BCUT2D eigenvalue weighted by atomic mass is 9.52. The summed E-state index contributed by atoms with van der Waals surface area (Å²) in [5.41, 5.74) is 1.85. The molecule has 2 fully saturated rings. The monoisotopic (exact) mass is 630 g/mol. The Hall–Kier alpha value is -4.37. The zero-order valence-corrected chi connectivity index (χ0v) is 26.1. The highest BCUT2D eigenvalue weighted by atomic mass is 16.7. The minimum atomic E-state index is -2.86. The number of aromatic hydroxyl groups is 1. The van der Waals surface area contributed by atoms with Gasteiger partial charge >= 0.3 is 12.1 Å². The van der Waals surface area contributed by atoms with Crippen molar-refractivity contribution in [2.75, 3.05) is 45.2 Å². The first kappa shape index (κ1) is 33.5. The number of nitrogens with zero attached hydrogens (tertiary/aromatic N) is 2. The third kappa shape index (κ3) is 5.43. The van der Waals surface area contributed by atoms with E-state index in [-0.39, 0.29) is 24.1 Å². The second-order valence-electron chi connectivity index (χ2n) is 13.2. The number of phenolic OH excluding ortho intramolecular Hbond substituents is 1. The molecule has 1 aromatic carbocycles. The van der Waals surface area contributed by atoms with Gasteiger partial charge in [0.1, 0.15) is 5.75 Å². The summed E-state index contributed by atoms with van der Waals surface area (Å²) in [6.45, 7) is 4.12. The van der Waals surface area contributed by atoms with Crippen molar-refractivity contribution in [3.8, 4) is 5.75 Å². The quantitative estimate of drug-likeness (QED) is 0.141. The third-order valence-electron chi connectivity index (χ3n) is 8.75. The van der Waals surface area contributed by atoms with Crippen molar-refractivity contribution in [1.29, 1.82) is 0 Å². The van der Waals surface area contributed by atoms with Gasteiger partial charge in [0.05, 0.1) is 28.6 Å². The maximum atomic E-state index is 14.1. The molecule has 15 heteroatoms. The Kier molecular flexibility index (Phi) is 8.59. The number of hydrogen-bond donors (Lipinski definition) is 4. The number of ketones is 4. The number of amides is 2. The number of likely N-dealkylation sites (N-methyl/N-ethyl adjacent to an activating group) is 1. The number of fused-ring (bicyclic) bond motifs is 3. The number of benzene rings is 1. The molecule has 45 heavy (non-hydrogen) atoms. The molecule has 0 spiro atoms. The number of primary amides is 1. The fourth-order valence-electron chi connectivity index (χ4n) is 6.65. The summed E-state index contributed by atoms with van der Waals surface area (Å²) in [6, 6.07) is 0.187. The molecule has 4 rings (SSSR count). The van der Waals surface area contributed by atoms with Gasteiger partial charge < -0.3 is 30.3 Å². The van der Waals surface area contributed by atoms with E-state index in [2.05, 4.69) is 5.32 Å². The molecule has 0 bridgehead atoms.